The summed E-state index contributed by atoms with van der Waals surface area (Å²) >= 11 is 0. The average molecular weight is 213 g/mol. The van der Waals surface area contributed by atoms with Crippen LogP contribution in [0.3, 0.4) is 0 Å². The Morgan fingerprint density at radius 3 is 2.67 bits per heavy atom. The maximum atomic E-state index is 5.87. The van der Waals surface area contributed by atoms with Gasteiger partial charge in [-0.15, -0.1) is 0 Å². The molecule has 2 unspecified atom stereocenters. The van der Waals surface area contributed by atoms with Crippen molar-refractivity contribution in [2.24, 2.45) is 5.41 Å². The number of hydrogen-bond acceptors (Lipinski definition) is 2. The lowest BCUT2D eigenvalue weighted by Gasteiger charge is -2.40. The first-order chi connectivity index (χ1) is 7.09. The van der Waals surface area contributed by atoms with Crippen LogP contribution < -0.4 is 5.32 Å². The summed E-state index contributed by atoms with van der Waals surface area (Å²) in [4.78, 5) is 0. The van der Waals surface area contributed by atoms with Gasteiger partial charge in [-0.1, -0.05) is 20.8 Å². The van der Waals surface area contributed by atoms with E-state index >= 15 is 0 Å². The molecular weight excluding hydrogens is 186 g/mol. The molecule has 2 heteroatoms. The Hall–Kier alpha value is -0.0800. The molecule has 1 N–H and O–H groups in total. The van der Waals surface area contributed by atoms with E-state index in [9.17, 15) is 0 Å². The summed E-state index contributed by atoms with van der Waals surface area (Å²) in [6.45, 7) is 11.0. The van der Waals surface area contributed by atoms with E-state index in [1.165, 1.54) is 25.7 Å². The number of nitrogens with one attached hydrogen (secondary N) is 1. The molecule has 1 rings (SSSR count). The predicted octanol–water partition coefficient (Wildman–Crippen LogP) is 2.97. The monoisotopic (exact) mass is 213 g/mol. The maximum Gasteiger partial charge on any atom is 0.0732 e. The number of hydrogen-bond donors (Lipinski definition) is 1. The van der Waals surface area contributed by atoms with Gasteiger partial charge in [0.2, 0.25) is 0 Å². The molecule has 0 spiro atoms. The van der Waals surface area contributed by atoms with Gasteiger partial charge in [-0.2, -0.15) is 0 Å². The van der Waals surface area contributed by atoms with Crippen LogP contribution >= 0.6 is 0 Å². The van der Waals surface area contributed by atoms with Gasteiger partial charge in [0.25, 0.3) is 0 Å². The van der Waals surface area contributed by atoms with Crippen LogP contribution in [0.25, 0.3) is 0 Å². The average Bonchev–Trinajstić information content (AvgIpc) is 2.16. The highest BCUT2D eigenvalue weighted by molar-refractivity contribution is 4.89. The van der Waals surface area contributed by atoms with Crippen LogP contribution in [0.1, 0.15) is 53.4 Å². The molecule has 0 saturated heterocycles. The zero-order valence-corrected chi connectivity index (χ0v) is 10.8. The SMILES string of the molecule is CCCNC1CCC(C)(C)CC1OCC. The summed E-state index contributed by atoms with van der Waals surface area (Å²) in [7, 11) is 0. The van der Waals surface area contributed by atoms with E-state index < -0.39 is 0 Å². The lowest BCUT2D eigenvalue weighted by Crippen LogP contribution is -2.47. The van der Waals surface area contributed by atoms with E-state index in [1.54, 1.807) is 0 Å². The first kappa shape index (κ1) is 13.0. The Morgan fingerprint density at radius 2 is 2.07 bits per heavy atom. The first-order valence-corrected chi connectivity index (χ1v) is 6.44. The number of rotatable bonds is 5. The van der Waals surface area contributed by atoms with E-state index in [0.29, 0.717) is 17.6 Å². The molecule has 1 saturated carbocycles. The highest BCUT2D eigenvalue weighted by atomic mass is 16.5. The van der Waals surface area contributed by atoms with Crippen molar-refractivity contribution < 1.29 is 4.74 Å². The van der Waals surface area contributed by atoms with Gasteiger partial charge in [0.05, 0.1) is 6.10 Å². The van der Waals surface area contributed by atoms with Crippen LogP contribution in [0.15, 0.2) is 0 Å². The minimum atomic E-state index is 0.422. The molecule has 0 bridgehead atoms. The third kappa shape index (κ3) is 4.12. The minimum Gasteiger partial charge on any atom is -0.377 e. The van der Waals surface area contributed by atoms with Crippen LogP contribution in [0.5, 0.6) is 0 Å². The molecule has 0 radical (unpaired) electrons. The van der Waals surface area contributed by atoms with Crippen molar-refractivity contribution in [3.8, 4) is 0 Å². The molecule has 0 aliphatic heterocycles. The van der Waals surface area contributed by atoms with Gasteiger partial charge in [-0.3, -0.25) is 0 Å². The Morgan fingerprint density at radius 1 is 1.33 bits per heavy atom. The molecule has 2 atom stereocenters. The predicted molar refractivity (Wildman–Crippen MR) is 65.1 cm³/mol. The highest BCUT2D eigenvalue weighted by Gasteiger charge is 2.34. The third-order valence-corrected chi connectivity index (χ3v) is 3.37. The summed E-state index contributed by atoms with van der Waals surface area (Å²) in [5.41, 5.74) is 0.463. The van der Waals surface area contributed by atoms with Crippen molar-refractivity contribution in [1.29, 1.82) is 0 Å². The Kier molecular flexibility index (Phi) is 5.07. The van der Waals surface area contributed by atoms with E-state index in [-0.39, 0.29) is 0 Å². The van der Waals surface area contributed by atoms with Crippen molar-refractivity contribution >= 4 is 0 Å². The van der Waals surface area contributed by atoms with Crippen LogP contribution in [0.4, 0.5) is 0 Å². The van der Waals surface area contributed by atoms with Gasteiger partial charge in [0.1, 0.15) is 0 Å². The van der Waals surface area contributed by atoms with Crippen molar-refractivity contribution in [3.05, 3.63) is 0 Å². The largest absolute Gasteiger partial charge is 0.377 e. The maximum absolute atomic E-state index is 5.87. The van der Waals surface area contributed by atoms with Crippen LogP contribution in [-0.4, -0.2) is 25.3 Å². The summed E-state index contributed by atoms with van der Waals surface area (Å²) < 4.78 is 5.87. The van der Waals surface area contributed by atoms with E-state index in [1.807, 2.05) is 0 Å². The van der Waals surface area contributed by atoms with Gasteiger partial charge in [-0.05, 0) is 44.6 Å². The van der Waals surface area contributed by atoms with Gasteiger partial charge >= 0.3 is 0 Å². The van der Waals surface area contributed by atoms with Crippen LogP contribution in [0, 0.1) is 5.41 Å². The van der Waals surface area contributed by atoms with Gasteiger partial charge < -0.3 is 10.1 Å². The van der Waals surface area contributed by atoms with Gasteiger partial charge in [0.15, 0.2) is 0 Å². The first-order valence-electron chi connectivity index (χ1n) is 6.44. The number of ether oxygens (including phenoxy) is 1. The lowest BCUT2D eigenvalue weighted by molar-refractivity contribution is -0.0226. The molecule has 90 valence electrons. The van der Waals surface area contributed by atoms with E-state index in [0.717, 1.165) is 13.2 Å². The molecule has 2 nitrogen and oxygen atoms in total. The second-order valence-electron chi connectivity index (χ2n) is 5.46. The molecule has 0 aromatic carbocycles. The Balaban J connectivity index is 2.47. The molecule has 0 aromatic heterocycles. The molecule has 1 aliphatic rings. The summed E-state index contributed by atoms with van der Waals surface area (Å²) in [5.74, 6) is 0. The summed E-state index contributed by atoms with van der Waals surface area (Å²) in [5, 5.41) is 3.62. The lowest BCUT2D eigenvalue weighted by atomic mass is 9.74. The van der Waals surface area contributed by atoms with Crippen molar-refractivity contribution in [2.75, 3.05) is 13.2 Å². The zero-order chi connectivity index (χ0) is 11.3. The quantitative estimate of drug-likeness (QED) is 0.758. The van der Waals surface area contributed by atoms with Crippen molar-refractivity contribution in [2.45, 2.75) is 65.5 Å². The smallest absolute Gasteiger partial charge is 0.0732 e. The standard InChI is InChI=1S/C13H27NO/c1-5-9-14-11-7-8-13(3,4)10-12(11)15-6-2/h11-12,14H,5-10H2,1-4H3. The molecule has 0 heterocycles. The summed E-state index contributed by atoms with van der Waals surface area (Å²) in [6, 6.07) is 0.581. The van der Waals surface area contributed by atoms with Crippen LogP contribution in [-0.2, 0) is 4.74 Å². The third-order valence-electron chi connectivity index (χ3n) is 3.37. The topological polar surface area (TPSA) is 21.3 Å². The van der Waals surface area contributed by atoms with E-state index in [2.05, 4.69) is 33.0 Å². The van der Waals surface area contributed by atoms with Crippen molar-refractivity contribution in [3.63, 3.8) is 0 Å². The molecular formula is C13H27NO. The fourth-order valence-corrected chi connectivity index (χ4v) is 2.47. The second kappa shape index (κ2) is 5.86. The molecule has 0 amide bonds. The second-order valence-corrected chi connectivity index (χ2v) is 5.46. The van der Waals surface area contributed by atoms with E-state index in [4.69, 9.17) is 4.74 Å². The molecule has 1 fully saturated rings. The Bertz CT molecular complexity index is 179. The fourth-order valence-electron chi connectivity index (χ4n) is 2.47. The van der Waals surface area contributed by atoms with Crippen LogP contribution in [0.2, 0.25) is 0 Å². The molecule has 15 heavy (non-hydrogen) atoms. The summed E-state index contributed by atoms with van der Waals surface area (Å²) in [6.07, 6.45) is 5.40. The van der Waals surface area contributed by atoms with Gasteiger partial charge in [-0.25, -0.2) is 0 Å². The minimum absolute atomic E-state index is 0.422. The molecule has 1 aliphatic carbocycles. The molecule has 0 aromatic rings. The van der Waals surface area contributed by atoms with Gasteiger partial charge in [0, 0.05) is 12.6 Å². The fraction of sp³-hybridized carbons (Fsp3) is 1.00. The normalized spacial score (nSPS) is 30.4. The zero-order valence-electron chi connectivity index (χ0n) is 10.8. The Labute approximate surface area is 94.8 Å². The van der Waals surface area contributed by atoms with Crippen molar-refractivity contribution in [1.82, 2.24) is 5.32 Å². The highest BCUT2D eigenvalue weighted by Crippen LogP contribution is 2.36.